The Hall–Kier alpha value is -1.26. The van der Waals surface area contributed by atoms with Crippen molar-refractivity contribution in [2.24, 2.45) is 5.16 Å². The van der Waals surface area contributed by atoms with Crippen LogP contribution < -0.4 is 0 Å². The molecule has 0 radical (unpaired) electrons. The summed E-state index contributed by atoms with van der Waals surface area (Å²) in [5.74, 6) is -1.05. The lowest BCUT2D eigenvalue weighted by Crippen LogP contribution is -2.35. The van der Waals surface area contributed by atoms with E-state index in [1.165, 1.54) is 6.92 Å². The predicted molar refractivity (Wildman–Crippen MR) is 64.7 cm³/mol. The number of carboxylic acid groups (broad SMARTS) is 1. The summed E-state index contributed by atoms with van der Waals surface area (Å²) in [7, 11) is 0. The number of halogens is 2. The number of hydrogen-bond donors (Lipinski definition) is 1. The van der Waals surface area contributed by atoms with Gasteiger partial charge in [0.25, 0.3) is 0 Å². The van der Waals surface area contributed by atoms with Gasteiger partial charge in [0.2, 0.25) is 5.60 Å². The van der Waals surface area contributed by atoms with Crippen LogP contribution in [0.5, 0.6) is 0 Å². The van der Waals surface area contributed by atoms with Gasteiger partial charge in [-0.3, -0.25) is 0 Å². The van der Waals surface area contributed by atoms with Crippen LogP contribution in [0.2, 0.25) is 10.0 Å². The highest BCUT2D eigenvalue weighted by atomic mass is 35.5. The molecule has 2 rings (SSSR count). The van der Waals surface area contributed by atoms with E-state index in [2.05, 4.69) is 5.16 Å². The van der Waals surface area contributed by atoms with Gasteiger partial charge in [0, 0.05) is 17.0 Å². The summed E-state index contributed by atoms with van der Waals surface area (Å²) in [6, 6.07) is 4.94. The van der Waals surface area contributed by atoms with E-state index in [1.807, 2.05) is 0 Å². The molecule has 0 spiro atoms. The fourth-order valence-electron chi connectivity index (χ4n) is 1.52. The molecule has 1 aliphatic rings. The molecule has 1 heterocycles. The van der Waals surface area contributed by atoms with Gasteiger partial charge >= 0.3 is 5.97 Å². The first kappa shape index (κ1) is 12.2. The number of nitrogens with zero attached hydrogens (tertiary/aromatic N) is 1. The van der Waals surface area contributed by atoms with Crippen LogP contribution >= 0.6 is 23.2 Å². The van der Waals surface area contributed by atoms with Crippen LogP contribution in [-0.4, -0.2) is 22.4 Å². The molecule has 1 aromatic rings. The molecular formula is C11H9Cl2NO3. The lowest BCUT2D eigenvalue weighted by molar-refractivity contribution is -0.160. The van der Waals surface area contributed by atoms with Crippen molar-refractivity contribution in [2.75, 3.05) is 0 Å². The smallest absolute Gasteiger partial charge is 0.351 e. The summed E-state index contributed by atoms with van der Waals surface area (Å²) in [5.41, 5.74) is -0.171. The lowest BCUT2D eigenvalue weighted by Gasteiger charge is -2.14. The molecule has 0 saturated heterocycles. The maximum atomic E-state index is 11.0. The number of rotatable bonds is 2. The molecule has 0 aromatic heterocycles. The second-order valence-corrected chi connectivity index (χ2v) is 4.81. The van der Waals surface area contributed by atoms with Gasteiger partial charge in [-0.25, -0.2) is 4.79 Å². The third kappa shape index (κ3) is 2.23. The largest absolute Gasteiger partial charge is 0.478 e. The first-order valence-electron chi connectivity index (χ1n) is 4.86. The highest BCUT2D eigenvalue weighted by molar-refractivity contribution is 6.37. The Morgan fingerprint density at radius 3 is 2.76 bits per heavy atom. The monoisotopic (exact) mass is 273 g/mol. The van der Waals surface area contributed by atoms with Gasteiger partial charge in [0.05, 0.1) is 10.7 Å². The SMILES string of the molecule is C[C@]1(C(=O)O)CC(c2ccc(Cl)cc2Cl)=NO1. The Kier molecular flexibility index (Phi) is 3.02. The van der Waals surface area contributed by atoms with Crippen molar-refractivity contribution < 1.29 is 14.7 Å². The Labute approximate surface area is 108 Å². The van der Waals surface area contributed by atoms with Crippen molar-refractivity contribution in [3.63, 3.8) is 0 Å². The summed E-state index contributed by atoms with van der Waals surface area (Å²) >= 11 is 11.8. The van der Waals surface area contributed by atoms with Crippen LogP contribution in [0.3, 0.4) is 0 Å². The van der Waals surface area contributed by atoms with Gasteiger partial charge in [-0.15, -0.1) is 0 Å². The highest BCUT2D eigenvalue weighted by Gasteiger charge is 2.42. The Bertz CT molecular complexity index is 515. The number of benzene rings is 1. The predicted octanol–water partition coefficient (Wildman–Crippen LogP) is 2.96. The Morgan fingerprint density at radius 2 is 2.24 bits per heavy atom. The van der Waals surface area contributed by atoms with Crippen LogP contribution in [0.25, 0.3) is 0 Å². The van der Waals surface area contributed by atoms with E-state index in [-0.39, 0.29) is 6.42 Å². The van der Waals surface area contributed by atoms with Crippen LogP contribution in [0.1, 0.15) is 18.9 Å². The van der Waals surface area contributed by atoms with E-state index < -0.39 is 11.6 Å². The molecule has 0 aliphatic carbocycles. The molecule has 6 heteroatoms. The van der Waals surface area contributed by atoms with Gasteiger partial charge in [-0.1, -0.05) is 34.4 Å². The second kappa shape index (κ2) is 4.20. The van der Waals surface area contributed by atoms with E-state index in [1.54, 1.807) is 18.2 Å². The quantitative estimate of drug-likeness (QED) is 0.901. The number of oxime groups is 1. The third-order valence-corrected chi connectivity index (χ3v) is 3.10. The van der Waals surface area contributed by atoms with Crippen molar-refractivity contribution in [1.82, 2.24) is 0 Å². The van der Waals surface area contributed by atoms with Crippen LogP contribution in [0, 0.1) is 0 Å². The number of aliphatic carboxylic acids is 1. The summed E-state index contributed by atoms with van der Waals surface area (Å²) in [5, 5.41) is 13.7. The van der Waals surface area contributed by atoms with E-state index in [0.29, 0.717) is 21.3 Å². The van der Waals surface area contributed by atoms with Crippen molar-refractivity contribution in [2.45, 2.75) is 18.9 Å². The number of carbonyl (C=O) groups is 1. The molecule has 1 aliphatic heterocycles. The Morgan fingerprint density at radius 1 is 1.53 bits per heavy atom. The van der Waals surface area contributed by atoms with Crippen molar-refractivity contribution >= 4 is 34.9 Å². The fourth-order valence-corrected chi connectivity index (χ4v) is 2.04. The summed E-state index contributed by atoms with van der Waals surface area (Å²) in [6.07, 6.45) is 0.170. The van der Waals surface area contributed by atoms with Gasteiger partial charge in [-0.2, -0.15) is 0 Å². The van der Waals surface area contributed by atoms with Crippen molar-refractivity contribution in [3.8, 4) is 0 Å². The molecule has 1 aromatic carbocycles. The van der Waals surface area contributed by atoms with Crippen LogP contribution in [0.4, 0.5) is 0 Å². The number of carboxylic acids is 1. The molecule has 17 heavy (non-hydrogen) atoms. The zero-order chi connectivity index (χ0) is 12.6. The van der Waals surface area contributed by atoms with Gasteiger partial charge in [0.15, 0.2) is 0 Å². The van der Waals surface area contributed by atoms with Crippen LogP contribution in [0.15, 0.2) is 23.4 Å². The molecule has 90 valence electrons. The summed E-state index contributed by atoms with van der Waals surface area (Å²) in [4.78, 5) is 15.9. The first-order valence-corrected chi connectivity index (χ1v) is 5.62. The average molecular weight is 274 g/mol. The second-order valence-electron chi connectivity index (χ2n) is 3.97. The molecule has 0 bridgehead atoms. The Balaban J connectivity index is 2.29. The minimum Gasteiger partial charge on any atom is -0.478 e. The maximum absolute atomic E-state index is 11.0. The molecule has 0 amide bonds. The van der Waals surface area contributed by atoms with Crippen LogP contribution in [-0.2, 0) is 9.63 Å². The van der Waals surface area contributed by atoms with Gasteiger partial charge in [-0.05, 0) is 19.1 Å². The highest BCUT2D eigenvalue weighted by Crippen LogP contribution is 2.30. The van der Waals surface area contributed by atoms with Gasteiger partial charge < -0.3 is 9.94 Å². The van der Waals surface area contributed by atoms with Crippen molar-refractivity contribution in [1.29, 1.82) is 0 Å². The van der Waals surface area contributed by atoms with E-state index in [4.69, 9.17) is 33.1 Å². The van der Waals surface area contributed by atoms with E-state index in [9.17, 15) is 4.79 Å². The minimum atomic E-state index is -1.32. The minimum absolute atomic E-state index is 0.170. The van der Waals surface area contributed by atoms with E-state index >= 15 is 0 Å². The normalized spacial score (nSPS) is 23.1. The number of hydrogen-bond acceptors (Lipinski definition) is 3. The summed E-state index contributed by atoms with van der Waals surface area (Å²) < 4.78 is 0. The average Bonchev–Trinajstić information content (AvgIpc) is 2.62. The summed E-state index contributed by atoms with van der Waals surface area (Å²) in [6.45, 7) is 1.47. The lowest BCUT2D eigenvalue weighted by atomic mass is 9.96. The zero-order valence-electron chi connectivity index (χ0n) is 8.91. The molecule has 0 fully saturated rings. The van der Waals surface area contributed by atoms with E-state index in [0.717, 1.165) is 0 Å². The fraction of sp³-hybridized carbons (Fsp3) is 0.273. The molecule has 4 nitrogen and oxygen atoms in total. The third-order valence-electron chi connectivity index (χ3n) is 2.56. The molecule has 1 atom stereocenters. The standard InChI is InChI=1S/C11H9Cl2NO3/c1-11(10(15)16)5-9(14-17-11)7-3-2-6(12)4-8(7)13/h2-4H,5H2,1H3,(H,15,16)/t11-/m1/s1. The first-order chi connectivity index (χ1) is 7.92. The molecular weight excluding hydrogens is 265 g/mol. The van der Waals surface area contributed by atoms with Gasteiger partial charge in [0.1, 0.15) is 0 Å². The maximum Gasteiger partial charge on any atom is 0.351 e. The zero-order valence-corrected chi connectivity index (χ0v) is 10.4. The molecule has 1 N–H and O–H groups in total. The van der Waals surface area contributed by atoms with Crippen molar-refractivity contribution in [3.05, 3.63) is 33.8 Å². The topological polar surface area (TPSA) is 58.9 Å². The molecule has 0 saturated carbocycles. The molecule has 0 unspecified atom stereocenters.